The molecule has 216 valence electrons. The maximum atomic E-state index is 12.8. The van der Waals surface area contributed by atoms with Gasteiger partial charge in [0.1, 0.15) is 0 Å². The zero-order valence-corrected chi connectivity index (χ0v) is 24.5. The van der Waals surface area contributed by atoms with Crippen molar-refractivity contribution in [3.63, 3.8) is 0 Å². The highest BCUT2D eigenvalue weighted by Gasteiger charge is 2.37. The smallest absolute Gasteiger partial charge is 0.338 e. The lowest BCUT2D eigenvalue weighted by molar-refractivity contribution is -0.253. The van der Waals surface area contributed by atoms with E-state index in [0.717, 1.165) is 19.3 Å². The highest BCUT2D eigenvalue weighted by Crippen LogP contribution is 2.30. The summed E-state index contributed by atoms with van der Waals surface area (Å²) in [7, 11) is 0. The third-order valence-corrected chi connectivity index (χ3v) is 7.59. The van der Waals surface area contributed by atoms with Crippen molar-refractivity contribution >= 4 is 11.9 Å². The first-order valence-electron chi connectivity index (χ1n) is 15.0. The summed E-state index contributed by atoms with van der Waals surface area (Å²) in [6.07, 6.45) is 10.9. The Balaban J connectivity index is 1.96. The van der Waals surface area contributed by atoms with Crippen LogP contribution in [0.15, 0.2) is 30.3 Å². The van der Waals surface area contributed by atoms with Crippen LogP contribution in [-0.2, 0) is 23.7 Å². The van der Waals surface area contributed by atoms with Crippen LogP contribution in [0.1, 0.15) is 116 Å². The highest BCUT2D eigenvalue weighted by molar-refractivity contribution is 5.89. The van der Waals surface area contributed by atoms with E-state index in [0.29, 0.717) is 37.5 Å². The molecule has 1 heterocycles. The molecular formula is C32H52O6. The van der Waals surface area contributed by atoms with Gasteiger partial charge in [0.2, 0.25) is 0 Å². The molecule has 0 aromatic heterocycles. The Morgan fingerprint density at radius 2 is 1.68 bits per heavy atom. The van der Waals surface area contributed by atoms with Crippen LogP contribution in [0.25, 0.3) is 0 Å². The second kappa shape index (κ2) is 18.4. The quantitative estimate of drug-likeness (QED) is 0.142. The van der Waals surface area contributed by atoms with E-state index in [-0.39, 0.29) is 29.9 Å². The van der Waals surface area contributed by atoms with E-state index in [9.17, 15) is 9.59 Å². The summed E-state index contributed by atoms with van der Waals surface area (Å²) in [6.45, 7) is 11.3. The van der Waals surface area contributed by atoms with Gasteiger partial charge in [-0.15, -0.1) is 0 Å². The molecule has 1 saturated heterocycles. The Bertz CT molecular complexity index is 781. The number of hydrogen-bond donors (Lipinski definition) is 0. The lowest BCUT2D eigenvalue weighted by Crippen LogP contribution is -2.46. The van der Waals surface area contributed by atoms with Gasteiger partial charge in [-0.25, -0.2) is 4.79 Å². The number of ether oxygens (including phenoxy) is 4. The molecule has 1 aliphatic rings. The van der Waals surface area contributed by atoms with Crippen molar-refractivity contribution in [1.82, 2.24) is 0 Å². The number of carbonyl (C=O) groups excluding carboxylic acids is 2. The Labute approximate surface area is 231 Å². The molecule has 2 rings (SSSR count). The van der Waals surface area contributed by atoms with E-state index in [1.807, 2.05) is 32.0 Å². The van der Waals surface area contributed by atoms with Gasteiger partial charge in [0.15, 0.2) is 12.4 Å². The lowest BCUT2D eigenvalue weighted by atomic mass is 9.89. The Kier molecular flexibility index (Phi) is 15.6. The van der Waals surface area contributed by atoms with E-state index in [4.69, 9.17) is 18.9 Å². The van der Waals surface area contributed by atoms with Crippen LogP contribution in [0.5, 0.6) is 0 Å². The van der Waals surface area contributed by atoms with Gasteiger partial charge >= 0.3 is 11.9 Å². The number of carbonyl (C=O) groups is 2. The van der Waals surface area contributed by atoms with Crippen LogP contribution in [-0.4, -0.2) is 43.7 Å². The fourth-order valence-electron chi connectivity index (χ4n) is 5.18. The minimum atomic E-state index is -0.592. The largest absolute Gasteiger partial charge is 0.466 e. The van der Waals surface area contributed by atoms with Gasteiger partial charge in [-0.05, 0) is 63.0 Å². The number of esters is 2. The van der Waals surface area contributed by atoms with Crippen LogP contribution < -0.4 is 0 Å². The summed E-state index contributed by atoms with van der Waals surface area (Å²) in [4.78, 5) is 24.8. The predicted molar refractivity (Wildman–Crippen MR) is 151 cm³/mol. The van der Waals surface area contributed by atoms with Gasteiger partial charge in [-0.2, -0.15) is 0 Å². The van der Waals surface area contributed by atoms with E-state index in [1.165, 1.54) is 38.5 Å². The van der Waals surface area contributed by atoms with Crippen molar-refractivity contribution in [3.05, 3.63) is 35.9 Å². The van der Waals surface area contributed by atoms with Gasteiger partial charge in [0.05, 0.1) is 24.9 Å². The van der Waals surface area contributed by atoms with Crippen LogP contribution in [0.2, 0.25) is 0 Å². The minimum Gasteiger partial charge on any atom is -0.466 e. The van der Waals surface area contributed by atoms with Crippen molar-refractivity contribution < 1.29 is 28.5 Å². The molecule has 1 aromatic carbocycles. The van der Waals surface area contributed by atoms with Crippen molar-refractivity contribution in [2.24, 2.45) is 17.8 Å². The van der Waals surface area contributed by atoms with Gasteiger partial charge in [-0.1, -0.05) is 83.9 Å². The molecule has 0 bridgehead atoms. The highest BCUT2D eigenvalue weighted by atomic mass is 16.7. The van der Waals surface area contributed by atoms with E-state index in [1.54, 1.807) is 12.1 Å². The van der Waals surface area contributed by atoms with Crippen LogP contribution in [0.4, 0.5) is 0 Å². The molecule has 38 heavy (non-hydrogen) atoms. The molecule has 1 aromatic rings. The van der Waals surface area contributed by atoms with Crippen LogP contribution in [0.3, 0.4) is 0 Å². The maximum Gasteiger partial charge on any atom is 0.338 e. The van der Waals surface area contributed by atoms with Gasteiger partial charge in [-0.3, -0.25) is 4.79 Å². The summed E-state index contributed by atoms with van der Waals surface area (Å²) in [6, 6.07) is 9.07. The van der Waals surface area contributed by atoms with Crippen LogP contribution in [0, 0.1) is 17.8 Å². The Hall–Kier alpha value is -1.92. The summed E-state index contributed by atoms with van der Waals surface area (Å²) in [5.41, 5.74) is 0.530. The first kappa shape index (κ1) is 32.3. The third kappa shape index (κ3) is 12.3. The SMILES string of the molecule is CCCCCCCCCC(CO[C@@H]1OC(C)[C@H](C)CC1OC(=O)c1ccccc1)C[C@@H](C)CC(=O)OCC. The second-order valence-electron chi connectivity index (χ2n) is 11.2. The summed E-state index contributed by atoms with van der Waals surface area (Å²) in [5, 5.41) is 0. The van der Waals surface area contributed by atoms with Gasteiger partial charge in [0.25, 0.3) is 0 Å². The normalized spacial score (nSPS) is 23.0. The van der Waals surface area contributed by atoms with Crippen molar-refractivity contribution in [1.29, 1.82) is 0 Å². The molecule has 0 aliphatic carbocycles. The fourth-order valence-corrected chi connectivity index (χ4v) is 5.18. The summed E-state index contributed by atoms with van der Waals surface area (Å²) >= 11 is 0. The van der Waals surface area contributed by atoms with Gasteiger partial charge in [0, 0.05) is 6.42 Å². The molecule has 0 amide bonds. The van der Waals surface area contributed by atoms with Crippen molar-refractivity contribution in [2.75, 3.05) is 13.2 Å². The third-order valence-electron chi connectivity index (χ3n) is 7.59. The second-order valence-corrected chi connectivity index (χ2v) is 11.2. The molecular weight excluding hydrogens is 480 g/mol. The zero-order chi connectivity index (χ0) is 27.8. The maximum absolute atomic E-state index is 12.8. The molecule has 6 nitrogen and oxygen atoms in total. The first-order chi connectivity index (χ1) is 18.3. The van der Waals surface area contributed by atoms with E-state index < -0.39 is 12.4 Å². The van der Waals surface area contributed by atoms with Crippen molar-refractivity contribution in [2.45, 2.75) is 124 Å². The average Bonchev–Trinajstić information content (AvgIpc) is 2.89. The zero-order valence-electron chi connectivity index (χ0n) is 24.5. The number of unbranched alkanes of at least 4 members (excludes halogenated alkanes) is 6. The molecule has 6 heteroatoms. The molecule has 0 spiro atoms. The molecule has 1 aliphatic heterocycles. The standard InChI is InChI=1S/C32H52O6/c1-6-8-9-10-11-12-14-17-27(20-24(3)21-30(33)35-7-2)23-36-32-29(22-25(4)26(5)37-32)38-31(34)28-18-15-13-16-19-28/h13,15-16,18-19,24-27,29,32H,6-12,14,17,20-23H2,1-5H3/t24-,25-,26?,27?,29?,32-/m1/s1. The van der Waals surface area contributed by atoms with E-state index in [2.05, 4.69) is 20.8 Å². The monoisotopic (exact) mass is 532 g/mol. The Morgan fingerprint density at radius 3 is 2.37 bits per heavy atom. The Morgan fingerprint density at radius 1 is 1.00 bits per heavy atom. The topological polar surface area (TPSA) is 71.1 Å². The molecule has 0 saturated carbocycles. The molecule has 0 N–H and O–H groups in total. The average molecular weight is 533 g/mol. The molecule has 3 unspecified atom stereocenters. The first-order valence-corrected chi connectivity index (χ1v) is 15.0. The van der Waals surface area contributed by atoms with Crippen molar-refractivity contribution in [3.8, 4) is 0 Å². The minimum absolute atomic E-state index is 0.0241. The number of rotatable bonds is 18. The lowest BCUT2D eigenvalue weighted by Gasteiger charge is -2.38. The summed E-state index contributed by atoms with van der Waals surface area (Å²) < 4.78 is 23.6. The number of hydrogen-bond acceptors (Lipinski definition) is 6. The van der Waals surface area contributed by atoms with Crippen LogP contribution >= 0.6 is 0 Å². The fraction of sp³-hybridized carbons (Fsp3) is 0.750. The van der Waals surface area contributed by atoms with Gasteiger partial charge < -0.3 is 18.9 Å². The molecule has 1 fully saturated rings. The molecule has 0 radical (unpaired) electrons. The summed E-state index contributed by atoms with van der Waals surface area (Å²) in [5.74, 6) is 0.291. The predicted octanol–water partition coefficient (Wildman–Crippen LogP) is 7.74. The van der Waals surface area contributed by atoms with E-state index >= 15 is 0 Å². The molecule has 6 atom stereocenters. The number of benzene rings is 1.